The number of ether oxygens (including phenoxy) is 1. The molecule has 0 aromatic carbocycles. The summed E-state index contributed by atoms with van der Waals surface area (Å²) in [5.74, 6) is 0.227. The third kappa shape index (κ3) is 10.4. The molecule has 0 atom stereocenters. The van der Waals surface area contributed by atoms with E-state index in [0.717, 1.165) is 12.8 Å². The second-order valence-corrected chi connectivity index (χ2v) is 5.93. The number of pyridine rings is 1. The molecule has 0 aliphatic carbocycles. The molecule has 0 amide bonds. The summed E-state index contributed by atoms with van der Waals surface area (Å²) in [6.07, 6.45) is 16.3. The van der Waals surface area contributed by atoms with E-state index in [2.05, 4.69) is 11.9 Å². The molecule has 3 heteroatoms. The standard InChI is InChI=1S/C19H31NO2/c1-2-3-4-5-6-7-8-9-10-11-12-16-19(21)22-18-15-13-14-17-20-18/h13-15,17H,2-12,16H2,1H3. The number of carbonyl (C=O) groups is 1. The minimum Gasteiger partial charge on any atom is -0.407 e. The van der Waals surface area contributed by atoms with E-state index in [9.17, 15) is 4.79 Å². The maximum absolute atomic E-state index is 11.6. The van der Waals surface area contributed by atoms with Crippen LogP contribution in [0.15, 0.2) is 24.4 Å². The summed E-state index contributed by atoms with van der Waals surface area (Å²) in [6.45, 7) is 2.26. The van der Waals surface area contributed by atoms with Crippen LogP contribution in [0.25, 0.3) is 0 Å². The third-order valence-corrected chi connectivity index (χ3v) is 3.84. The molecule has 0 spiro atoms. The molecule has 0 bridgehead atoms. The number of unbranched alkanes of at least 4 members (excludes halogenated alkanes) is 10. The highest BCUT2D eigenvalue weighted by atomic mass is 16.5. The lowest BCUT2D eigenvalue weighted by atomic mass is 10.1. The van der Waals surface area contributed by atoms with E-state index in [-0.39, 0.29) is 5.97 Å². The maximum atomic E-state index is 11.6. The first-order valence-corrected chi connectivity index (χ1v) is 8.94. The molecular formula is C19H31NO2. The van der Waals surface area contributed by atoms with Gasteiger partial charge in [-0.3, -0.25) is 4.79 Å². The molecule has 1 aromatic rings. The van der Waals surface area contributed by atoms with E-state index < -0.39 is 0 Å². The van der Waals surface area contributed by atoms with Crippen LogP contribution in [-0.2, 0) is 4.79 Å². The smallest absolute Gasteiger partial charge is 0.312 e. The summed E-state index contributed by atoms with van der Waals surface area (Å²) in [7, 11) is 0. The van der Waals surface area contributed by atoms with E-state index >= 15 is 0 Å². The minimum atomic E-state index is -0.172. The van der Waals surface area contributed by atoms with Gasteiger partial charge in [0, 0.05) is 18.7 Å². The van der Waals surface area contributed by atoms with Crippen molar-refractivity contribution in [1.82, 2.24) is 4.98 Å². The van der Waals surface area contributed by atoms with Gasteiger partial charge in [0.1, 0.15) is 0 Å². The van der Waals surface area contributed by atoms with Gasteiger partial charge in [-0.1, -0.05) is 77.2 Å². The molecule has 124 valence electrons. The summed E-state index contributed by atoms with van der Waals surface area (Å²) < 4.78 is 5.16. The Labute approximate surface area is 135 Å². The largest absolute Gasteiger partial charge is 0.407 e. The minimum absolute atomic E-state index is 0.172. The van der Waals surface area contributed by atoms with Crippen LogP contribution in [0.4, 0.5) is 0 Å². The number of hydrogen-bond donors (Lipinski definition) is 0. The Hall–Kier alpha value is -1.38. The lowest BCUT2D eigenvalue weighted by Gasteiger charge is -2.03. The average molecular weight is 305 g/mol. The second kappa shape index (κ2) is 13.3. The highest BCUT2D eigenvalue weighted by molar-refractivity contribution is 5.71. The van der Waals surface area contributed by atoms with Gasteiger partial charge in [-0.05, 0) is 12.5 Å². The zero-order valence-electron chi connectivity index (χ0n) is 14.1. The van der Waals surface area contributed by atoms with Crippen molar-refractivity contribution in [3.05, 3.63) is 24.4 Å². The van der Waals surface area contributed by atoms with Crippen molar-refractivity contribution in [1.29, 1.82) is 0 Å². The Morgan fingerprint density at radius 3 is 2.05 bits per heavy atom. The number of aromatic nitrogens is 1. The van der Waals surface area contributed by atoms with Crippen LogP contribution in [0.3, 0.4) is 0 Å². The van der Waals surface area contributed by atoms with Crippen molar-refractivity contribution in [2.75, 3.05) is 0 Å². The number of nitrogens with zero attached hydrogens (tertiary/aromatic N) is 1. The molecule has 0 saturated heterocycles. The van der Waals surface area contributed by atoms with Crippen LogP contribution in [0, 0.1) is 0 Å². The molecule has 1 heterocycles. The van der Waals surface area contributed by atoms with E-state index in [1.807, 2.05) is 6.07 Å². The number of hydrogen-bond acceptors (Lipinski definition) is 3. The number of rotatable bonds is 13. The molecule has 0 aliphatic heterocycles. The van der Waals surface area contributed by atoms with E-state index in [1.54, 1.807) is 18.3 Å². The lowest BCUT2D eigenvalue weighted by molar-refractivity contribution is -0.134. The summed E-state index contributed by atoms with van der Waals surface area (Å²) in [4.78, 5) is 15.6. The van der Waals surface area contributed by atoms with Crippen molar-refractivity contribution in [2.45, 2.75) is 84.0 Å². The molecule has 1 aromatic heterocycles. The van der Waals surface area contributed by atoms with Gasteiger partial charge < -0.3 is 4.74 Å². The Morgan fingerprint density at radius 2 is 1.50 bits per heavy atom. The number of esters is 1. The molecular weight excluding hydrogens is 274 g/mol. The Balaban J connectivity index is 1.86. The third-order valence-electron chi connectivity index (χ3n) is 3.84. The van der Waals surface area contributed by atoms with Crippen LogP contribution in [0.2, 0.25) is 0 Å². The second-order valence-electron chi connectivity index (χ2n) is 5.93. The summed E-state index contributed by atoms with van der Waals surface area (Å²) >= 11 is 0. The van der Waals surface area contributed by atoms with Crippen molar-refractivity contribution in [2.24, 2.45) is 0 Å². The van der Waals surface area contributed by atoms with Crippen LogP contribution in [-0.4, -0.2) is 11.0 Å². The van der Waals surface area contributed by atoms with Crippen molar-refractivity contribution < 1.29 is 9.53 Å². The van der Waals surface area contributed by atoms with Gasteiger partial charge in [0.15, 0.2) is 0 Å². The van der Waals surface area contributed by atoms with Gasteiger partial charge >= 0.3 is 5.97 Å². The van der Waals surface area contributed by atoms with Gasteiger partial charge in [-0.25, -0.2) is 4.98 Å². The normalized spacial score (nSPS) is 10.6. The maximum Gasteiger partial charge on any atom is 0.312 e. The predicted molar refractivity (Wildman–Crippen MR) is 91.0 cm³/mol. The Kier molecular flexibility index (Phi) is 11.3. The fourth-order valence-electron chi connectivity index (χ4n) is 2.51. The molecule has 22 heavy (non-hydrogen) atoms. The number of carbonyl (C=O) groups excluding carboxylic acids is 1. The first kappa shape index (κ1) is 18.7. The van der Waals surface area contributed by atoms with E-state index in [4.69, 9.17) is 4.74 Å². The molecule has 1 rings (SSSR count). The summed E-state index contributed by atoms with van der Waals surface area (Å²) in [5, 5.41) is 0. The highest BCUT2D eigenvalue weighted by Gasteiger charge is 2.04. The topological polar surface area (TPSA) is 39.2 Å². The molecule has 0 radical (unpaired) electrons. The van der Waals surface area contributed by atoms with E-state index in [1.165, 1.54) is 57.8 Å². The summed E-state index contributed by atoms with van der Waals surface area (Å²) in [6, 6.07) is 5.33. The van der Waals surface area contributed by atoms with Gasteiger partial charge in [0.25, 0.3) is 0 Å². The van der Waals surface area contributed by atoms with Gasteiger partial charge in [0.2, 0.25) is 5.88 Å². The Morgan fingerprint density at radius 1 is 0.909 bits per heavy atom. The molecule has 0 aliphatic rings. The molecule has 0 saturated carbocycles. The first-order valence-electron chi connectivity index (χ1n) is 8.94. The van der Waals surface area contributed by atoms with Gasteiger partial charge in [-0.2, -0.15) is 0 Å². The van der Waals surface area contributed by atoms with Crippen LogP contribution < -0.4 is 4.74 Å². The average Bonchev–Trinajstić information content (AvgIpc) is 2.53. The van der Waals surface area contributed by atoms with Crippen LogP contribution in [0.1, 0.15) is 84.0 Å². The van der Waals surface area contributed by atoms with Crippen molar-refractivity contribution >= 4 is 5.97 Å². The fourth-order valence-corrected chi connectivity index (χ4v) is 2.51. The van der Waals surface area contributed by atoms with E-state index in [0.29, 0.717) is 12.3 Å². The van der Waals surface area contributed by atoms with Crippen LogP contribution >= 0.6 is 0 Å². The summed E-state index contributed by atoms with van der Waals surface area (Å²) in [5.41, 5.74) is 0. The van der Waals surface area contributed by atoms with Crippen LogP contribution in [0.5, 0.6) is 5.88 Å². The quantitative estimate of drug-likeness (QED) is 0.347. The predicted octanol–water partition coefficient (Wildman–Crippen LogP) is 5.69. The van der Waals surface area contributed by atoms with Gasteiger partial charge in [-0.15, -0.1) is 0 Å². The Bertz CT molecular complexity index is 378. The SMILES string of the molecule is CCCCCCCCCCCCCC(=O)Oc1ccccn1. The molecule has 0 unspecified atom stereocenters. The van der Waals surface area contributed by atoms with Crippen molar-refractivity contribution in [3.63, 3.8) is 0 Å². The zero-order chi connectivity index (χ0) is 15.9. The van der Waals surface area contributed by atoms with Gasteiger partial charge in [0.05, 0.1) is 0 Å². The zero-order valence-corrected chi connectivity index (χ0v) is 14.1. The molecule has 0 N–H and O–H groups in total. The molecule has 0 fully saturated rings. The first-order chi connectivity index (χ1) is 10.8. The van der Waals surface area contributed by atoms with Crippen molar-refractivity contribution in [3.8, 4) is 5.88 Å². The molecule has 3 nitrogen and oxygen atoms in total. The lowest BCUT2D eigenvalue weighted by Crippen LogP contribution is -2.08. The monoisotopic (exact) mass is 305 g/mol. The fraction of sp³-hybridized carbons (Fsp3) is 0.684. The highest BCUT2D eigenvalue weighted by Crippen LogP contribution is 2.12.